The summed E-state index contributed by atoms with van der Waals surface area (Å²) in [6.45, 7) is 0.448. The van der Waals surface area contributed by atoms with E-state index in [-0.39, 0.29) is 24.3 Å². The fraction of sp³-hybridized carbons (Fsp3) is 0.280. The van der Waals surface area contributed by atoms with Crippen LogP contribution in [0.1, 0.15) is 24.8 Å². The average molecular weight is 419 g/mol. The highest BCUT2D eigenvalue weighted by molar-refractivity contribution is 5.99. The molecule has 3 aromatic carbocycles. The lowest BCUT2D eigenvalue weighted by Gasteiger charge is -2.20. The highest BCUT2D eigenvalue weighted by Gasteiger charge is 2.21. The van der Waals surface area contributed by atoms with Gasteiger partial charge in [-0.05, 0) is 54.3 Å². The van der Waals surface area contributed by atoms with Crippen LogP contribution in [0.3, 0.4) is 0 Å². The summed E-state index contributed by atoms with van der Waals surface area (Å²) in [6.07, 6.45) is 1.85. The number of carbonyl (C=O) groups excluding carboxylic acids is 2. The molecular formula is C25H30N4O2. The van der Waals surface area contributed by atoms with Crippen molar-refractivity contribution in [2.75, 3.05) is 11.9 Å². The Kier molecular flexibility index (Phi) is 8.15. The molecule has 2 atom stereocenters. The SMILES string of the molecule is NCCC[C@H](NC(=O)C[C@@H](N)Cc1ccccc1)C(=O)Nc1ccc2ccccc2c1. The molecule has 31 heavy (non-hydrogen) atoms. The van der Waals surface area contributed by atoms with Crippen molar-refractivity contribution in [2.24, 2.45) is 11.5 Å². The number of benzene rings is 3. The van der Waals surface area contributed by atoms with Gasteiger partial charge in [0.1, 0.15) is 6.04 Å². The summed E-state index contributed by atoms with van der Waals surface area (Å²) < 4.78 is 0. The van der Waals surface area contributed by atoms with Crippen molar-refractivity contribution in [2.45, 2.75) is 37.8 Å². The first-order chi connectivity index (χ1) is 15.0. The molecule has 0 radical (unpaired) electrons. The third-order valence-corrected chi connectivity index (χ3v) is 5.15. The smallest absolute Gasteiger partial charge is 0.246 e. The Morgan fingerprint density at radius 2 is 1.61 bits per heavy atom. The molecule has 0 spiro atoms. The van der Waals surface area contributed by atoms with Gasteiger partial charge in [0.15, 0.2) is 0 Å². The Labute approximate surface area is 183 Å². The van der Waals surface area contributed by atoms with E-state index in [0.29, 0.717) is 31.5 Å². The fourth-order valence-electron chi connectivity index (χ4n) is 3.57. The molecule has 3 rings (SSSR count). The summed E-state index contributed by atoms with van der Waals surface area (Å²) >= 11 is 0. The first kappa shape index (κ1) is 22.5. The van der Waals surface area contributed by atoms with Crippen LogP contribution in [0.2, 0.25) is 0 Å². The zero-order valence-corrected chi connectivity index (χ0v) is 17.6. The van der Waals surface area contributed by atoms with Crippen LogP contribution in [0, 0.1) is 0 Å². The highest BCUT2D eigenvalue weighted by Crippen LogP contribution is 2.19. The van der Waals surface area contributed by atoms with Crippen LogP contribution in [-0.2, 0) is 16.0 Å². The maximum absolute atomic E-state index is 12.9. The maximum Gasteiger partial charge on any atom is 0.246 e. The third-order valence-electron chi connectivity index (χ3n) is 5.15. The molecule has 0 aliphatic carbocycles. The van der Waals surface area contributed by atoms with Crippen molar-refractivity contribution in [1.82, 2.24) is 5.32 Å². The number of carbonyl (C=O) groups is 2. The Hall–Kier alpha value is -3.22. The van der Waals surface area contributed by atoms with Crippen molar-refractivity contribution in [3.63, 3.8) is 0 Å². The summed E-state index contributed by atoms with van der Waals surface area (Å²) in [5.41, 5.74) is 13.5. The lowest BCUT2D eigenvalue weighted by atomic mass is 10.0. The fourth-order valence-corrected chi connectivity index (χ4v) is 3.57. The zero-order valence-electron chi connectivity index (χ0n) is 17.6. The van der Waals surface area contributed by atoms with E-state index in [4.69, 9.17) is 11.5 Å². The minimum Gasteiger partial charge on any atom is -0.344 e. The van der Waals surface area contributed by atoms with Crippen molar-refractivity contribution < 1.29 is 9.59 Å². The highest BCUT2D eigenvalue weighted by atomic mass is 16.2. The number of hydrogen-bond acceptors (Lipinski definition) is 4. The van der Waals surface area contributed by atoms with Crippen molar-refractivity contribution in [3.05, 3.63) is 78.4 Å². The number of nitrogens with one attached hydrogen (secondary N) is 2. The van der Waals surface area contributed by atoms with Crippen LogP contribution in [0.5, 0.6) is 0 Å². The summed E-state index contributed by atoms with van der Waals surface area (Å²) in [7, 11) is 0. The predicted molar refractivity (Wildman–Crippen MR) is 126 cm³/mol. The molecule has 0 bridgehead atoms. The van der Waals surface area contributed by atoms with Crippen molar-refractivity contribution >= 4 is 28.3 Å². The molecule has 162 valence electrons. The monoisotopic (exact) mass is 418 g/mol. The van der Waals surface area contributed by atoms with Crippen LogP contribution in [0.25, 0.3) is 10.8 Å². The molecule has 2 amide bonds. The Balaban J connectivity index is 1.59. The normalized spacial score (nSPS) is 12.8. The van der Waals surface area contributed by atoms with Crippen molar-refractivity contribution in [1.29, 1.82) is 0 Å². The van der Waals surface area contributed by atoms with E-state index in [1.165, 1.54) is 0 Å². The largest absolute Gasteiger partial charge is 0.344 e. The Morgan fingerprint density at radius 1 is 0.903 bits per heavy atom. The molecule has 6 nitrogen and oxygen atoms in total. The molecule has 0 saturated carbocycles. The number of nitrogens with two attached hydrogens (primary N) is 2. The van der Waals surface area contributed by atoms with Gasteiger partial charge in [0.2, 0.25) is 11.8 Å². The van der Waals surface area contributed by atoms with E-state index in [1.54, 1.807) is 0 Å². The standard InChI is InChI=1S/C25H30N4O2/c26-14-6-11-23(29-24(30)17-21(27)15-18-7-2-1-3-8-18)25(31)28-22-13-12-19-9-4-5-10-20(19)16-22/h1-5,7-10,12-13,16,21,23H,6,11,14-15,17,26-27H2,(H,28,31)(H,29,30)/t21-,23-/m0/s1. The lowest BCUT2D eigenvalue weighted by Crippen LogP contribution is -2.45. The number of amides is 2. The van der Waals surface area contributed by atoms with Gasteiger partial charge in [-0.25, -0.2) is 0 Å². The van der Waals surface area contributed by atoms with Gasteiger partial charge in [0.25, 0.3) is 0 Å². The average Bonchev–Trinajstić information content (AvgIpc) is 2.77. The molecule has 6 N–H and O–H groups in total. The second-order valence-corrected chi connectivity index (χ2v) is 7.76. The van der Waals surface area contributed by atoms with E-state index in [9.17, 15) is 9.59 Å². The third kappa shape index (κ3) is 6.91. The van der Waals surface area contributed by atoms with E-state index in [0.717, 1.165) is 16.3 Å². The summed E-state index contributed by atoms with van der Waals surface area (Å²) in [4.78, 5) is 25.4. The number of hydrogen-bond donors (Lipinski definition) is 4. The van der Waals surface area contributed by atoms with Crippen molar-refractivity contribution in [3.8, 4) is 0 Å². The van der Waals surface area contributed by atoms with Gasteiger partial charge < -0.3 is 22.1 Å². The van der Waals surface area contributed by atoms with Crippen LogP contribution in [-0.4, -0.2) is 30.4 Å². The topological polar surface area (TPSA) is 110 Å². The maximum atomic E-state index is 12.9. The van der Waals surface area contributed by atoms with Crippen LogP contribution in [0.15, 0.2) is 72.8 Å². The molecule has 6 heteroatoms. The molecule has 0 heterocycles. The molecule has 3 aromatic rings. The molecule has 0 aliphatic heterocycles. The molecule has 0 unspecified atom stereocenters. The van der Waals surface area contributed by atoms with Gasteiger partial charge in [0.05, 0.1) is 0 Å². The second-order valence-electron chi connectivity index (χ2n) is 7.76. The van der Waals surface area contributed by atoms with Gasteiger partial charge in [-0.1, -0.05) is 60.7 Å². The lowest BCUT2D eigenvalue weighted by molar-refractivity contribution is -0.126. The first-order valence-electron chi connectivity index (χ1n) is 10.6. The number of anilines is 1. The minimum absolute atomic E-state index is 0.150. The molecule has 0 aromatic heterocycles. The first-order valence-corrected chi connectivity index (χ1v) is 10.6. The van der Waals surface area contributed by atoms with E-state index in [1.807, 2.05) is 72.8 Å². The van der Waals surface area contributed by atoms with E-state index >= 15 is 0 Å². The summed E-state index contributed by atoms with van der Waals surface area (Å²) in [5, 5.41) is 7.89. The van der Waals surface area contributed by atoms with E-state index in [2.05, 4.69) is 10.6 Å². The summed E-state index contributed by atoms with van der Waals surface area (Å²) in [6, 6.07) is 22.5. The van der Waals surface area contributed by atoms with E-state index < -0.39 is 6.04 Å². The van der Waals surface area contributed by atoms with Crippen LogP contribution in [0.4, 0.5) is 5.69 Å². The van der Waals surface area contributed by atoms with Gasteiger partial charge in [-0.2, -0.15) is 0 Å². The second kappa shape index (κ2) is 11.2. The van der Waals surface area contributed by atoms with Crippen LogP contribution >= 0.6 is 0 Å². The molecule has 0 fully saturated rings. The zero-order chi connectivity index (χ0) is 22.1. The quantitative estimate of drug-likeness (QED) is 0.406. The number of fused-ring (bicyclic) bond motifs is 1. The summed E-state index contributed by atoms with van der Waals surface area (Å²) in [5.74, 6) is -0.493. The van der Waals surface area contributed by atoms with Gasteiger partial charge in [-0.3, -0.25) is 9.59 Å². The molecule has 0 saturated heterocycles. The Bertz CT molecular complexity index is 1010. The minimum atomic E-state index is -0.661. The van der Waals surface area contributed by atoms with Crippen LogP contribution < -0.4 is 22.1 Å². The van der Waals surface area contributed by atoms with Gasteiger partial charge in [-0.15, -0.1) is 0 Å². The molecule has 0 aliphatic rings. The number of rotatable bonds is 10. The predicted octanol–water partition coefficient (Wildman–Crippen LogP) is 2.96. The molecular weight excluding hydrogens is 388 g/mol. The Morgan fingerprint density at radius 3 is 2.35 bits per heavy atom. The van der Waals surface area contributed by atoms with Gasteiger partial charge >= 0.3 is 0 Å². The van der Waals surface area contributed by atoms with Gasteiger partial charge in [0, 0.05) is 18.2 Å².